The molecule has 1 heterocycles. The Morgan fingerprint density at radius 1 is 1.22 bits per heavy atom. The number of non-ortho nitro benzene ring substituents is 1. The van der Waals surface area contributed by atoms with Crippen molar-refractivity contribution in [3.8, 4) is 5.69 Å². The molecule has 0 fully saturated rings. The molecule has 0 aliphatic carbocycles. The van der Waals surface area contributed by atoms with Gasteiger partial charge in [-0.05, 0) is 36.1 Å². The Labute approximate surface area is 158 Å². The molecule has 1 aromatic heterocycles. The second kappa shape index (κ2) is 8.00. The highest BCUT2D eigenvalue weighted by molar-refractivity contribution is 7.98. The minimum atomic E-state index is -0.479. The highest BCUT2D eigenvalue weighted by Gasteiger charge is 2.17. The maximum atomic E-state index is 13.2. The molecule has 138 valence electrons. The Kier molecular flexibility index (Phi) is 5.51. The Morgan fingerprint density at radius 3 is 2.48 bits per heavy atom. The second-order valence-corrected chi connectivity index (χ2v) is 6.32. The average Bonchev–Trinajstić information content (AvgIpc) is 3.11. The number of amides is 1. The van der Waals surface area contributed by atoms with Crippen LogP contribution < -0.4 is 5.32 Å². The van der Waals surface area contributed by atoms with Gasteiger partial charge in [-0.25, -0.2) is 9.37 Å². The summed E-state index contributed by atoms with van der Waals surface area (Å²) in [4.78, 5) is 27.1. The molecule has 0 saturated carbocycles. The first-order valence-electron chi connectivity index (χ1n) is 7.89. The standard InChI is InChI=1S/C18H15FN4O3S/c1-27-18-21-11-16(22(18)14-8-4-13(19)5-9-14)17(24)20-10-12-2-6-15(7-3-12)23(25)26/h2-9,11H,10H2,1H3,(H,20,24). The summed E-state index contributed by atoms with van der Waals surface area (Å²) < 4.78 is 14.9. The van der Waals surface area contributed by atoms with Crippen LogP contribution in [0.25, 0.3) is 5.69 Å². The number of hydrogen-bond donors (Lipinski definition) is 1. The number of nitrogens with one attached hydrogen (secondary N) is 1. The van der Waals surface area contributed by atoms with Gasteiger partial charge < -0.3 is 5.32 Å². The topological polar surface area (TPSA) is 90.1 Å². The molecule has 3 aromatic rings. The van der Waals surface area contributed by atoms with Gasteiger partial charge in [0.05, 0.1) is 11.1 Å². The van der Waals surface area contributed by atoms with E-state index < -0.39 is 4.92 Å². The van der Waals surface area contributed by atoms with E-state index in [9.17, 15) is 19.3 Å². The molecule has 0 spiro atoms. The van der Waals surface area contributed by atoms with Crippen molar-refractivity contribution in [1.82, 2.24) is 14.9 Å². The van der Waals surface area contributed by atoms with Gasteiger partial charge in [-0.15, -0.1) is 0 Å². The van der Waals surface area contributed by atoms with Crippen LogP contribution in [0.5, 0.6) is 0 Å². The summed E-state index contributed by atoms with van der Waals surface area (Å²) >= 11 is 1.37. The zero-order chi connectivity index (χ0) is 19.4. The van der Waals surface area contributed by atoms with Crippen LogP contribution >= 0.6 is 11.8 Å². The number of nitro groups is 1. The fourth-order valence-corrected chi connectivity index (χ4v) is 3.03. The SMILES string of the molecule is CSc1ncc(C(=O)NCc2ccc([N+](=O)[O-])cc2)n1-c1ccc(F)cc1. The first-order chi connectivity index (χ1) is 13.0. The lowest BCUT2D eigenvalue weighted by Gasteiger charge is -2.11. The number of carbonyl (C=O) groups excluding carboxylic acids is 1. The summed E-state index contributed by atoms with van der Waals surface area (Å²) in [5, 5.41) is 14.1. The zero-order valence-corrected chi connectivity index (χ0v) is 15.1. The van der Waals surface area contributed by atoms with E-state index in [2.05, 4.69) is 10.3 Å². The molecule has 7 nitrogen and oxygen atoms in total. The Bertz CT molecular complexity index is 971. The Hall–Kier alpha value is -3.20. The monoisotopic (exact) mass is 386 g/mol. The summed E-state index contributed by atoms with van der Waals surface area (Å²) in [6.07, 6.45) is 3.29. The lowest BCUT2D eigenvalue weighted by Crippen LogP contribution is -2.25. The molecule has 2 aromatic carbocycles. The van der Waals surface area contributed by atoms with Crippen LogP contribution in [-0.4, -0.2) is 26.6 Å². The third-order valence-electron chi connectivity index (χ3n) is 3.83. The summed E-state index contributed by atoms with van der Waals surface area (Å²) in [6.45, 7) is 0.208. The minimum Gasteiger partial charge on any atom is -0.347 e. The van der Waals surface area contributed by atoms with E-state index in [1.54, 1.807) is 28.8 Å². The van der Waals surface area contributed by atoms with E-state index in [0.29, 0.717) is 16.5 Å². The summed E-state index contributed by atoms with van der Waals surface area (Å²) in [5.74, 6) is -0.723. The summed E-state index contributed by atoms with van der Waals surface area (Å²) in [6, 6.07) is 11.7. The molecule has 1 N–H and O–H groups in total. The van der Waals surface area contributed by atoms with Gasteiger partial charge in [-0.3, -0.25) is 19.5 Å². The third kappa shape index (κ3) is 4.14. The van der Waals surface area contributed by atoms with E-state index in [1.807, 2.05) is 6.26 Å². The first-order valence-corrected chi connectivity index (χ1v) is 9.11. The summed E-state index contributed by atoms with van der Waals surface area (Å²) in [7, 11) is 0. The quantitative estimate of drug-likeness (QED) is 0.397. The molecule has 0 atom stereocenters. The number of imidazole rings is 1. The fourth-order valence-electron chi connectivity index (χ4n) is 2.49. The number of halogens is 1. The number of nitro benzene ring substituents is 1. The number of rotatable bonds is 6. The molecule has 0 radical (unpaired) electrons. The molecular formula is C18H15FN4O3S. The molecule has 0 bridgehead atoms. The average molecular weight is 386 g/mol. The lowest BCUT2D eigenvalue weighted by atomic mass is 10.2. The molecule has 27 heavy (non-hydrogen) atoms. The van der Waals surface area contributed by atoms with Crippen molar-refractivity contribution in [2.45, 2.75) is 11.7 Å². The number of benzene rings is 2. The van der Waals surface area contributed by atoms with Crippen molar-refractivity contribution in [2.75, 3.05) is 6.26 Å². The van der Waals surface area contributed by atoms with Gasteiger partial charge in [0, 0.05) is 24.4 Å². The van der Waals surface area contributed by atoms with Crippen molar-refractivity contribution in [1.29, 1.82) is 0 Å². The van der Waals surface area contributed by atoms with Crippen LogP contribution in [0.1, 0.15) is 16.1 Å². The lowest BCUT2D eigenvalue weighted by molar-refractivity contribution is -0.384. The molecule has 3 rings (SSSR count). The van der Waals surface area contributed by atoms with Crippen LogP contribution in [0.15, 0.2) is 59.9 Å². The first kappa shape index (κ1) is 18.6. The van der Waals surface area contributed by atoms with Crippen molar-refractivity contribution < 1.29 is 14.1 Å². The van der Waals surface area contributed by atoms with Crippen LogP contribution in [0.2, 0.25) is 0 Å². The third-order valence-corrected chi connectivity index (χ3v) is 4.48. The van der Waals surface area contributed by atoms with E-state index >= 15 is 0 Å². The van der Waals surface area contributed by atoms with Crippen molar-refractivity contribution in [2.24, 2.45) is 0 Å². The fraction of sp³-hybridized carbons (Fsp3) is 0.111. The maximum Gasteiger partial charge on any atom is 0.270 e. The molecule has 0 saturated heterocycles. The highest BCUT2D eigenvalue weighted by atomic mass is 32.2. The van der Waals surface area contributed by atoms with Gasteiger partial charge in [0.1, 0.15) is 11.5 Å². The number of aromatic nitrogens is 2. The molecule has 1 amide bonds. The predicted octanol–water partition coefficient (Wildman–Crippen LogP) is 3.57. The normalized spacial score (nSPS) is 10.6. The smallest absolute Gasteiger partial charge is 0.270 e. The van der Waals surface area contributed by atoms with E-state index in [1.165, 1.54) is 42.2 Å². The molecular weight excluding hydrogens is 371 g/mol. The number of thioether (sulfide) groups is 1. The van der Waals surface area contributed by atoms with Gasteiger partial charge in [-0.1, -0.05) is 23.9 Å². The highest BCUT2D eigenvalue weighted by Crippen LogP contribution is 2.22. The number of carbonyl (C=O) groups is 1. The van der Waals surface area contributed by atoms with Crippen LogP contribution in [-0.2, 0) is 6.54 Å². The van der Waals surface area contributed by atoms with E-state index in [0.717, 1.165) is 5.56 Å². The van der Waals surface area contributed by atoms with Crippen molar-refractivity contribution in [3.63, 3.8) is 0 Å². The Morgan fingerprint density at radius 2 is 1.89 bits per heavy atom. The van der Waals surface area contributed by atoms with Crippen molar-refractivity contribution in [3.05, 3.63) is 81.9 Å². The minimum absolute atomic E-state index is 0.0101. The maximum absolute atomic E-state index is 13.2. The molecule has 0 unspecified atom stereocenters. The molecule has 0 aliphatic heterocycles. The van der Waals surface area contributed by atoms with Gasteiger partial charge >= 0.3 is 0 Å². The van der Waals surface area contributed by atoms with E-state index in [-0.39, 0.29) is 24.0 Å². The molecule has 0 aliphatic rings. The number of hydrogen-bond acceptors (Lipinski definition) is 5. The van der Waals surface area contributed by atoms with Gasteiger partial charge in [0.25, 0.3) is 11.6 Å². The van der Waals surface area contributed by atoms with Crippen LogP contribution in [0.3, 0.4) is 0 Å². The van der Waals surface area contributed by atoms with Crippen LogP contribution in [0, 0.1) is 15.9 Å². The Balaban J connectivity index is 1.79. The second-order valence-electron chi connectivity index (χ2n) is 5.55. The van der Waals surface area contributed by atoms with Gasteiger partial charge in [0.2, 0.25) is 0 Å². The van der Waals surface area contributed by atoms with Gasteiger partial charge in [0.15, 0.2) is 5.16 Å². The zero-order valence-electron chi connectivity index (χ0n) is 14.3. The van der Waals surface area contributed by atoms with Crippen LogP contribution in [0.4, 0.5) is 10.1 Å². The molecule has 9 heteroatoms. The van der Waals surface area contributed by atoms with Gasteiger partial charge in [-0.2, -0.15) is 0 Å². The largest absolute Gasteiger partial charge is 0.347 e. The summed E-state index contributed by atoms with van der Waals surface area (Å²) in [5.41, 5.74) is 1.66. The number of nitrogens with zero attached hydrogens (tertiary/aromatic N) is 3. The predicted molar refractivity (Wildman–Crippen MR) is 99.6 cm³/mol. The van der Waals surface area contributed by atoms with E-state index in [4.69, 9.17) is 0 Å². The van der Waals surface area contributed by atoms with Crippen molar-refractivity contribution >= 4 is 23.4 Å².